The number of hydrogen-bond acceptors (Lipinski definition) is 4. The molecule has 106 valence electrons. The van der Waals surface area contributed by atoms with Gasteiger partial charge < -0.3 is 9.30 Å². The normalized spacial score (nSPS) is 10.8. The summed E-state index contributed by atoms with van der Waals surface area (Å²) in [6.07, 6.45) is 3.71. The van der Waals surface area contributed by atoms with Gasteiger partial charge in [-0.2, -0.15) is 0 Å². The fraction of sp³-hybridized carbons (Fsp3) is 0.333. The maximum atomic E-state index is 11.7. The molecule has 1 heterocycles. The minimum atomic E-state index is -0.300. The van der Waals surface area contributed by atoms with Crippen molar-refractivity contribution in [2.45, 2.75) is 13.1 Å². The molecular weight excluding hydrogens is 254 g/mol. The molecule has 0 aliphatic heterocycles. The molecule has 0 N–H and O–H groups in total. The Morgan fingerprint density at radius 3 is 2.75 bits per heavy atom. The monoisotopic (exact) mass is 273 g/mol. The maximum absolute atomic E-state index is 11.7. The van der Waals surface area contributed by atoms with Crippen LogP contribution in [0.5, 0.6) is 0 Å². The highest BCUT2D eigenvalue weighted by atomic mass is 16.5. The smallest absolute Gasteiger partial charge is 0.338 e. The summed E-state index contributed by atoms with van der Waals surface area (Å²) in [6, 6.07) is 7.50. The first kappa shape index (κ1) is 14.3. The zero-order chi connectivity index (χ0) is 14.5. The van der Waals surface area contributed by atoms with Crippen LogP contribution in [0, 0.1) is 0 Å². The van der Waals surface area contributed by atoms with Crippen molar-refractivity contribution in [2.75, 3.05) is 14.2 Å². The highest BCUT2D eigenvalue weighted by molar-refractivity contribution is 5.90. The lowest BCUT2D eigenvalue weighted by Gasteiger charge is -2.18. The molecule has 0 saturated heterocycles. The summed E-state index contributed by atoms with van der Waals surface area (Å²) in [5.74, 6) is 0.689. The van der Waals surface area contributed by atoms with Gasteiger partial charge >= 0.3 is 5.97 Å². The molecule has 0 radical (unpaired) electrons. The van der Waals surface area contributed by atoms with E-state index >= 15 is 0 Å². The number of imidazole rings is 1. The number of aromatic nitrogens is 2. The molecule has 0 fully saturated rings. The van der Waals surface area contributed by atoms with E-state index in [0.717, 1.165) is 17.9 Å². The van der Waals surface area contributed by atoms with Crippen LogP contribution in [0.15, 0.2) is 36.7 Å². The van der Waals surface area contributed by atoms with Gasteiger partial charge in [0.1, 0.15) is 5.82 Å². The van der Waals surface area contributed by atoms with Crippen molar-refractivity contribution in [1.29, 1.82) is 0 Å². The molecule has 0 aliphatic carbocycles. The third kappa shape index (κ3) is 3.24. The van der Waals surface area contributed by atoms with Gasteiger partial charge in [-0.25, -0.2) is 9.78 Å². The molecule has 0 aliphatic rings. The van der Waals surface area contributed by atoms with Gasteiger partial charge in [-0.05, 0) is 18.7 Å². The molecule has 0 unspecified atom stereocenters. The van der Waals surface area contributed by atoms with Gasteiger partial charge in [0.2, 0.25) is 0 Å². The largest absolute Gasteiger partial charge is 0.465 e. The second-order valence-corrected chi connectivity index (χ2v) is 4.78. The zero-order valence-electron chi connectivity index (χ0n) is 12.0. The van der Waals surface area contributed by atoms with Gasteiger partial charge in [0.15, 0.2) is 0 Å². The SMILES string of the molecule is COC(=O)c1ccccc1CN(C)Cc1nccn1C. The molecule has 20 heavy (non-hydrogen) atoms. The van der Waals surface area contributed by atoms with Gasteiger partial charge in [0.05, 0.1) is 19.2 Å². The molecule has 0 amide bonds. The van der Waals surface area contributed by atoms with Gasteiger partial charge in [0, 0.05) is 26.0 Å². The highest BCUT2D eigenvalue weighted by Gasteiger charge is 2.13. The first-order valence-electron chi connectivity index (χ1n) is 6.42. The average Bonchev–Trinajstić information content (AvgIpc) is 2.84. The van der Waals surface area contributed by atoms with Crippen LogP contribution in [0.2, 0.25) is 0 Å². The van der Waals surface area contributed by atoms with E-state index < -0.39 is 0 Å². The zero-order valence-corrected chi connectivity index (χ0v) is 12.0. The molecule has 5 nitrogen and oxygen atoms in total. The number of methoxy groups -OCH3 is 1. The van der Waals surface area contributed by atoms with Gasteiger partial charge in [-0.1, -0.05) is 18.2 Å². The molecule has 1 aromatic carbocycles. The Balaban J connectivity index is 2.10. The van der Waals surface area contributed by atoms with E-state index in [4.69, 9.17) is 4.74 Å². The molecule has 5 heteroatoms. The molecule has 0 bridgehead atoms. The molecule has 2 rings (SSSR count). The van der Waals surface area contributed by atoms with Crippen LogP contribution in [-0.2, 0) is 24.9 Å². The van der Waals surface area contributed by atoms with E-state index in [-0.39, 0.29) is 5.97 Å². The van der Waals surface area contributed by atoms with E-state index in [1.54, 1.807) is 12.3 Å². The predicted molar refractivity (Wildman–Crippen MR) is 76.2 cm³/mol. The van der Waals surface area contributed by atoms with Crippen molar-refractivity contribution in [3.63, 3.8) is 0 Å². The van der Waals surface area contributed by atoms with Crippen molar-refractivity contribution < 1.29 is 9.53 Å². The molecule has 0 spiro atoms. The first-order valence-corrected chi connectivity index (χ1v) is 6.42. The second-order valence-electron chi connectivity index (χ2n) is 4.78. The average molecular weight is 273 g/mol. The van der Waals surface area contributed by atoms with Crippen LogP contribution < -0.4 is 0 Å². The van der Waals surface area contributed by atoms with Gasteiger partial charge in [0.25, 0.3) is 0 Å². The summed E-state index contributed by atoms with van der Waals surface area (Å²) in [6.45, 7) is 1.39. The number of hydrogen-bond donors (Lipinski definition) is 0. The summed E-state index contributed by atoms with van der Waals surface area (Å²) in [5.41, 5.74) is 1.57. The number of esters is 1. The van der Waals surface area contributed by atoms with Crippen LogP contribution in [0.4, 0.5) is 0 Å². The third-order valence-electron chi connectivity index (χ3n) is 3.20. The summed E-state index contributed by atoms with van der Waals surface area (Å²) in [5, 5.41) is 0. The Bertz CT molecular complexity index is 592. The van der Waals surface area contributed by atoms with Crippen molar-refractivity contribution >= 4 is 5.97 Å². The number of aryl methyl sites for hydroxylation is 1. The first-order chi connectivity index (χ1) is 9.61. The number of ether oxygens (including phenoxy) is 1. The van der Waals surface area contributed by atoms with E-state index in [0.29, 0.717) is 12.1 Å². The summed E-state index contributed by atoms with van der Waals surface area (Å²) in [4.78, 5) is 18.1. The standard InChI is InChI=1S/C15H19N3O2/c1-17(11-14-16-8-9-18(14)2)10-12-6-4-5-7-13(12)15(19)20-3/h4-9H,10-11H2,1-3H3. The van der Waals surface area contributed by atoms with E-state index in [9.17, 15) is 4.79 Å². The Kier molecular flexibility index (Phi) is 4.53. The summed E-state index contributed by atoms with van der Waals surface area (Å²) < 4.78 is 6.80. The van der Waals surface area contributed by atoms with E-state index in [2.05, 4.69) is 9.88 Å². The van der Waals surface area contributed by atoms with E-state index in [1.165, 1.54) is 7.11 Å². The molecular formula is C15H19N3O2. The predicted octanol–water partition coefficient (Wildman–Crippen LogP) is 1.84. The second kappa shape index (κ2) is 6.34. The van der Waals surface area contributed by atoms with Gasteiger partial charge in [-0.15, -0.1) is 0 Å². The van der Waals surface area contributed by atoms with Crippen LogP contribution in [-0.4, -0.2) is 34.6 Å². The minimum Gasteiger partial charge on any atom is -0.465 e. The van der Waals surface area contributed by atoms with Gasteiger partial charge in [-0.3, -0.25) is 4.90 Å². The van der Waals surface area contributed by atoms with Crippen LogP contribution in [0.25, 0.3) is 0 Å². The minimum absolute atomic E-state index is 0.300. The Morgan fingerprint density at radius 1 is 1.35 bits per heavy atom. The van der Waals surface area contributed by atoms with Crippen molar-refractivity contribution in [3.05, 3.63) is 53.6 Å². The van der Waals surface area contributed by atoms with Crippen molar-refractivity contribution in [3.8, 4) is 0 Å². The van der Waals surface area contributed by atoms with Crippen molar-refractivity contribution in [1.82, 2.24) is 14.5 Å². The van der Waals surface area contributed by atoms with E-state index in [1.807, 2.05) is 43.1 Å². The highest BCUT2D eigenvalue weighted by Crippen LogP contribution is 2.13. The lowest BCUT2D eigenvalue weighted by atomic mass is 10.1. The number of rotatable bonds is 5. The quantitative estimate of drug-likeness (QED) is 0.780. The lowest BCUT2D eigenvalue weighted by molar-refractivity contribution is 0.0598. The van der Waals surface area contributed by atoms with Crippen LogP contribution >= 0.6 is 0 Å². The number of nitrogens with zero attached hydrogens (tertiary/aromatic N) is 3. The topological polar surface area (TPSA) is 47.4 Å². The van der Waals surface area contributed by atoms with Crippen LogP contribution in [0.1, 0.15) is 21.7 Å². The molecule has 0 saturated carbocycles. The molecule has 2 aromatic rings. The Hall–Kier alpha value is -2.14. The summed E-state index contributed by atoms with van der Waals surface area (Å²) in [7, 11) is 5.37. The fourth-order valence-corrected chi connectivity index (χ4v) is 2.10. The van der Waals surface area contributed by atoms with Crippen LogP contribution in [0.3, 0.4) is 0 Å². The summed E-state index contributed by atoms with van der Waals surface area (Å²) >= 11 is 0. The molecule has 0 atom stereocenters. The van der Waals surface area contributed by atoms with Crippen molar-refractivity contribution in [2.24, 2.45) is 7.05 Å². The lowest BCUT2D eigenvalue weighted by Crippen LogP contribution is -2.21. The molecule has 1 aromatic heterocycles. The Morgan fingerprint density at radius 2 is 2.10 bits per heavy atom. The fourth-order valence-electron chi connectivity index (χ4n) is 2.10. The number of carbonyl (C=O) groups is 1. The maximum Gasteiger partial charge on any atom is 0.338 e. The Labute approximate surface area is 118 Å². The third-order valence-corrected chi connectivity index (χ3v) is 3.20. The number of carbonyl (C=O) groups excluding carboxylic acids is 1. The number of benzene rings is 1.